The number of anilines is 1. The van der Waals surface area contributed by atoms with Crippen LogP contribution in [0.1, 0.15) is 21.5 Å². The highest BCUT2D eigenvalue weighted by atomic mass is 127. The molecule has 0 radical (unpaired) electrons. The zero-order valence-electron chi connectivity index (χ0n) is 15.7. The Balaban J connectivity index is 1.83. The minimum atomic E-state index is -0.133. The Morgan fingerprint density at radius 3 is 2.54 bits per heavy atom. The fraction of sp³-hybridized carbons (Fsp3) is 0.0833. The Morgan fingerprint density at radius 1 is 0.929 bits per heavy atom. The molecule has 4 rings (SSSR count). The van der Waals surface area contributed by atoms with Crippen molar-refractivity contribution in [3.63, 3.8) is 0 Å². The van der Waals surface area contributed by atoms with E-state index < -0.39 is 0 Å². The number of nitrogens with one attached hydrogen (secondary N) is 1. The number of aryl methyl sites for hydroxylation is 2. The Bertz CT molecular complexity index is 1200. The number of benzene rings is 3. The van der Waals surface area contributed by atoms with Crippen LogP contribution >= 0.6 is 22.6 Å². The molecule has 1 N–H and O–H groups in total. The average Bonchev–Trinajstić information content (AvgIpc) is 2.67. The number of fused-ring (bicyclic) bond motifs is 1. The van der Waals surface area contributed by atoms with Crippen molar-refractivity contribution in [3.05, 3.63) is 93.1 Å². The number of halogens is 1. The maximum atomic E-state index is 13.1. The molecule has 0 bridgehead atoms. The van der Waals surface area contributed by atoms with E-state index in [0.29, 0.717) is 5.56 Å². The number of carbonyl (C=O) groups excluding carboxylic acids is 1. The average molecular weight is 478 g/mol. The number of rotatable bonds is 3. The van der Waals surface area contributed by atoms with Gasteiger partial charge < -0.3 is 5.32 Å². The lowest BCUT2D eigenvalue weighted by Crippen LogP contribution is -2.13. The first-order chi connectivity index (χ1) is 13.5. The van der Waals surface area contributed by atoms with Gasteiger partial charge in [0, 0.05) is 20.2 Å². The zero-order chi connectivity index (χ0) is 19.7. The van der Waals surface area contributed by atoms with E-state index in [-0.39, 0.29) is 5.91 Å². The molecule has 1 amide bonds. The highest BCUT2D eigenvalue weighted by Crippen LogP contribution is 2.28. The topological polar surface area (TPSA) is 42.0 Å². The molecule has 0 fully saturated rings. The molecule has 0 aliphatic rings. The van der Waals surface area contributed by atoms with E-state index in [1.165, 1.54) is 5.56 Å². The molecule has 0 aliphatic carbocycles. The quantitative estimate of drug-likeness (QED) is 0.348. The van der Waals surface area contributed by atoms with Crippen molar-refractivity contribution in [2.75, 3.05) is 5.32 Å². The number of amides is 1. The van der Waals surface area contributed by atoms with Crippen molar-refractivity contribution in [3.8, 4) is 11.3 Å². The van der Waals surface area contributed by atoms with Gasteiger partial charge in [-0.25, -0.2) is 4.98 Å². The number of pyridine rings is 1. The summed E-state index contributed by atoms with van der Waals surface area (Å²) in [5.74, 6) is -0.133. The summed E-state index contributed by atoms with van der Waals surface area (Å²) >= 11 is 2.24. The van der Waals surface area contributed by atoms with Crippen LogP contribution in [0.25, 0.3) is 22.2 Å². The van der Waals surface area contributed by atoms with E-state index in [0.717, 1.165) is 37.0 Å². The Morgan fingerprint density at radius 2 is 1.75 bits per heavy atom. The summed E-state index contributed by atoms with van der Waals surface area (Å²) in [4.78, 5) is 17.9. The summed E-state index contributed by atoms with van der Waals surface area (Å²) in [6.07, 6.45) is 0. The van der Waals surface area contributed by atoms with E-state index in [2.05, 4.69) is 60.0 Å². The lowest BCUT2D eigenvalue weighted by atomic mass is 9.99. The number of hydrogen-bond donors (Lipinski definition) is 1. The molecule has 28 heavy (non-hydrogen) atoms. The maximum absolute atomic E-state index is 13.1. The van der Waals surface area contributed by atoms with Crippen LogP contribution in [-0.2, 0) is 0 Å². The van der Waals surface area contributed by atoms with Gasteiger partial charge in [-0.3, -0.25) is 4.79 Å². The smallest absolute Gasteiger partial charge is 0.256 e. The second-order valence-electron chi connectivity index (χ2n) is 6.86. The van der Waals surface area contributed by atoms with Gasteiger partial charge >= 0.3 is 0 Å². The van der Waals surface area contributed by atoms with Crippen molar-refractivity contribution >= 4 is 45.1 Å². The molecule has 0 saturated carbocycles. The fourth-order valence-electron chi connectivity index (χ4n) is 3.37. The van der Waals surface area contributed by atoms with Crippen LogP contribution in [0.4, 0.5) is 5.69 Å². The van der Waals surface area contributed by atoms with Gasteiger partial charge in [0.1, 0.15) is 0 Å². The molecule has 0 spiro atoms. The normalized spacial score (nSPS) is 10.8. The van der Waals surface area contributed by atoms with Gasteiger partial charge in [0.15, 0.2) is 0 Å². The molecule has 1 aromatic heterocycles. The molecule has 0 unspecified atom stereocenters. The maximum Gasteiger partial charge on any atom is 0.256 e. The number of aromatic nitrogens is 1. The lowest BCUT2D eigenvalue weighted by Gasteiger charge is -2.12. The second kappa shape index (κ2) is 7.72. The van der Waals surface area contributed by atoms with Crippen LogP contribution in [0.5, 0.6) is 0 Å². The number of carbonyl (C=O) groups is 1. The SMILES string of the molecule is Cc1ccc(-c2cc(C(=O)Nc3cccc(I)c3)c3ccccc3n2)c(C)c1. The van der Waals surface area contributed by atoms with Crippen molar-refractivity contribution in [1.82, 2.24) is 4.98 Å². The summed E-state index contributed by atoms with van der Waals surface area (Å²) in [5, 5.41) is 3.87. The van der Waals surface area contributed by atoms with Gasteiger partial charge in [0.25, 0.3) is 5.91 Å². The van der Waals surface area contributed by atoms with E-state index in [1.807, 2.05) is 54.6 Å². The van der Waals surface area contributed by atoms with Crippen LogP contribution < -0.4 is 5.32 Å². The largest absolute Gasteiger partial charge is 0.322 e. The van der Waals surface area contributed by atoms with Crippen molar-refractivity contribution in [2.45, 2.75) is 13.8 Å². The molecule has 138 valence electrons. The molecule has 4 aromatic rings. The summed E-state index contributed by atoms with van der Waals surface area (Å²) in [7, 11) is 0. The monoisotopic (exact) mass is 478 g/mol. The Hall–Kier alpha value is -2.73. The first-order valence-electron chi connectivity index (χ1n) is 9.05. The summed E-state index contributed by atoms with van der Waals surface area (Å²) in [6.45, 7) is 4.15. The molecule has 3 nitrogen and oxygen atoms in total. The van der Waals surface area contributed by atoms with Gasteiger partial charge in [-0.1, -0.05) is 48.0 Å². The first kappa shape index (κ1) is 18.6. The molecule has 3 aromatic carbocycles. The molecule has 0 aliphatic heterocycles. The van der Waals surface area contributed by atoms with E-state index in [9.17, 15) is 4.79 Å². The third-order valence-corrected chi connectivity index (χ3v) is 5.37. The summed E-state index contributed by atoms with van der Waals surface area (Å²) in [5.41, 5.74) is 6.42. The van der Waals surface area contributed by atoms with Crippen molar-refractivity contribution in [2.24, 2.45) is 0 Å². The van der Waals surface area contributed by atoms with Crippen LogP contribution in [0.3, 0.4) is 0 Å². The Kier molecular flexibility index (Phi) is 5.13. The Labute approximate surface area is 178 Å². The predicted octanol–water partition coefficient (Wildman–Crippen LogP) is 6.38. The molecular weight excluding hydrogens is 459 g/mol. The summed E-state index contributed by atoms with van der Waals surface area (Å²) in [6, 6.07) is 23.7. The zero-order valence-corrected chi connectivity index (χ0v) is 17.8. The third-order valence-electron chi connectivity index (χ3n) is 4.70. The third kappa shape index (κ3) is 3.78. The van der Waals surface area contributed by atoms with E-state index >= 15 is 0 Å². The second-order valence-corrected chi connectivity index (χ2v) is 8.10. The number of para-hydroxylation sites is 1. The minimum Gasteiger partial charge on any atom is -0.322 e. The van der Waals surface area contributed by atoms with Gasteiger partial charge in [0.05, 0.1) is 16.8 Å². The highest BCUT2D eigenvalue weighted by Gasteiger charge is 2.15. The molecule has 0 saturated heterocycles. The fourth-order valence-corrected chi connectivity index (χ4v) is 3.91. The van der Waals surface area contributed by atoms with Crippen LogP contribution in [0, 0.1) is 17.4 Å². The van der Waals surface area contributed by atoms with Gasteiger partial charge in [-0.05, 0) is 72.3 Å². The van der Waals surface area contributed by atoms with Crippen molar-refractivity contribution < 1.29 is 4.79 Å². The van der Waals surface area contributed by atoms with Gasteiger partial charge in [0.2, 0.25) is 0 Å². The molecule has 1 heterocycles. The van der Waals surface area contributed by atoms with Crippen LogP contribution in [-0.4, -0.2) is 10.9 Å². The molecular formula is C24H19IN2O. The highest BCUT2D eigenvalue weighted by molar-refractivity contribution is 14.1. The first-order valence-corrected chi connectivity index (χ1v) is 10.1. The lowest BCUT2D eigenvalue weighted by molar-refractivity contribution is 0.102. The van der Waals surface area contributed by atoms with Crippen LogP contribution in [0.2, 0.25) is 0 Å². The number of hydrogen-bond acceptors (Lipinski definition) is 2. The van der Waals surface area contributed by atoms with Crippen LogP contribution in [0.15, 0.2) is 72.8 Å². The predicted molar refractivity (Wildman–Crippen MR) is 124 cm³/mol. The molecule has 4 heteroatoms. The van der Waals surface area contributed by atoms with Gasteiger partial charge in [-0.2, -0.15) is 0 Å². The molecule has 0 atom stereocenters. The van der Waals surface area contributed by atoms with Crippen molar-refractivity contribution in [1.29, 1.82) is 0 Å². The number of nitrogens with zero attached hydrogens (tertiary/aromatic N) is 1. The van der Waals surface area contributed by atoms with E-state index in [1.54, 1.807) is 0 Å². The van der Waals surface area contributed by atoms with E-state index in [4.69, 9.17) is 4.98 Å². The standard InChI is InChI=1S/C24H19IN2O/c1-15-10-11-19(16(2)12-15)23-14-21(20-8-3-4-9-22(20)27-23)24(28)26-18-7-5-6-17(25)13-18/h3-14H,1-2H3,(H,26,28). The summed E-state index contributed by atoms with van der Waals surface area (Å²) < 4.78 is 1.07. The minimum absolute atomic E-state index is 0.133. The van der Waals surface area contributed by atoms with Gasteiger partial charge in [-0.15, -0.1) is 0 Å².